The molecule has 0 saturated carbocycles. The van der Waals surface area contributed by atoms with Crippen molar-refractivity contribution in [2.75, 3.05) is 5.32 Å². The van der Waals surface area contributed by atoms with Crippen LogP contribution >= 0.6 is 11.6 Å². The van der Waals surface area contributed by atoms with E-state index in [4.69, 9.17) is 11.6 Å². The summed E-state index contributed by atoms with van der Waals surface area (Å²) in [5.41, 5.74) is 4.23. The number of aryl methyl sites for hydroxylation is 1. The molecule has 4 aromatic rings. The molecule has 5 heteroatoms. The summed E-state index contributed by atoms with van der Waals surface area (Å²) in [6, 6.07) is 17.9. The Kier molecular flexibility index (Phi) is 4.50. The van der Waals surface area contributed by atoms with E-state index in [2.05, 4.69) is 45.6 Å². The second kappa shape index (κ2) is 7.10. The van der Waals surface area contributed by atoms with Crippen molar-refractivity contribution in [1.29, 1.82) is 0 Å². The van der Waals surface area contributed by atoms with E-state index < -0.39 is 0 Å². The van der Waals surface area contributed by atoms with Crippen LogP contribution in [-0.4, -0.2) is 15.2 Å². The number of pyridine rings is 1. The van der Waals surface area contributed by atoms with E-state index in [9.17, 15) is 0 Å². The number of aromatic nitrogens is 3. The van der Waals surface area contributed by atoms with E-state index in [1.54, 1.807) is 12.4 Å². The van der Waals surface area contributed by atoms with Gasteiger partial charge in [0.2, 0.25) is 0 Å². The highest BCUT2D eigenvalue weighted by molar-refractivity contribution is 6.30. The summed E-state index contributed by atoms with van der Waals surface area (Å²) < 4.78 is 0. The Labute approximate surface area is 156 Å². The predicted molar refractivity (Wildman–Crippen MR) is 106 cm³/mol. The zero-order valence-electron chi connectivity index (χ0n) is 14.3. The first-order valence-corrected chi connectivity index (χ1v) is 8.74. The minimum absolute atomic E-state index is 0.704. The molecule has 0 saturated heterocycles. The third-order valence-corrected chi connectivity index (χ3v) is 4.49. The Morgan fingerprint density at radius 2 is 1.65 bits per heavy atom. The van der Waals surface area contributed by atoms with Gasteiger partial charge >= 0.3 is 0 Å². The van der Waals surface area contributed by atoms with Crippen molar-refractivity contribution >= 4 is 33.9 Å². The molecule has 4 rings (SSSR count). The molecule has 0 spiro atoms. The lowest BCUT2D eigenvalue weighted by molar-refractivity contribution is 0.960. The van der Waals surface area contributed by atoms with Crippen molar-refractivity contribution < 1.29 is 0 Å². The molecule has 0 amide bonds. The molecule has 0 atom stereocenters. The molecule has 1 N–H and O–H groups in total. The van der Waals surface area contributed by atoms with Crippen LogP contribution in [-0.2, 0) is 6.42 Å². The average Bonchev–Trinajstić information content (AvgIpc) is 2.66. The van der Waals surface area contributed by atoms with Crippen LogP contribution in [0.4, 0.5) is 11.5 Å². The van der Waals surface area contributed by atoms with Gasteiger partial charge in [0.25, 0.3) is 0 Å². The minimum Gasteiger partial charge on any atom is -0.338 e. The van der Waals surface area contributed by atoms with Crippen LogP contribution in [0.5, 0.6) is 0 Å². The number of hydrogen-bond donors (Lipinski definition) is 1. The second-order valence-electron chi connectivity index (χ2n) is 6.21. The number of halogens is 1. The summed E-state index contributed by atoms with van der Waals surface area (Å²) in [6.45, 7) is 2.09. The topological polar surface area (TPSA) is 50.7 Å². The average molecular weight is 361 g/mol. The van der Waals surface area contributed by atoms with E-state index in [-0.39, 0.29) is 0 Å². The maximum atomic E-state index is 5.96. The number of nitrogens with one attached hydrogen (secondary N) is 1. The van der Waals surface area contributed by atoms with Gasteiger partial charge in [0.1, 0.15) is 0 Å². The van der Waals surface area contributed by atoms with Gasteiger partial charge in [-0.2, -0.15) is 5.10 Å². The molecular weight excluding hydrogens is 344 g/mol. The highest BCUT2D eigenvalue weighted by Gasteiger charge is 2.11. The first-order valence-electron chi connectivity index (χ1n) is 8.36. The predicted octanol–water partition coefficient (Wildman–Crippen LogP) is 5.32. The smallest absolute Gasteiger partial charge is 0.160 e. The fourth-order valence-corrected chi connectivity index (χ4v) is 3.03. The van der Waals surface area contributed by atoms with E-state index in [1.807, 2.05) is 36.4 Å². The van der Waals surface area contributed by atoms with E-state index in [0.717, 1.165) is 40.0 Å². The molecule has 0 aliphatic carbocycles. The Morgan fingerprint density at radius 1 is 0.885 bits per heavy atom. The van der Waals surface area contributed by atoms with Crippen LogP contribution in [0.1, 0.15) is 16.8 Å². The monoisotopic (exact) mass is 360 g/mol. The Balaban J connectivity index is 1.76. The van der Waals surface area contributed by atoms with Crippen LogP contribution in [0.3, 0.4) is 0 Å². The van der Waals surface area contributed by atoms with Crippen molar-refractivity contribution in [3.8, 4) is 0 Å². The Bertz CT molecular complexity index is 1050. The number of anilines is 2. The van der Waals surface area contributed by atoms with E-state index >= 15 is 0 Å². The minimum atomic E-state index is 0.704. The number of fused-ring (bicyclic) bond motifs is 1. The van der Waals surface area contributed by atoms with Gasteiger partial charge in [-0.3, -0.25) is 4.98 Å². The normalized spacial score (nSPS) is 10.8. The van der Waals surface area contributed by atoms with Gasteiger partial charge in [-0.15, -0.1) is 5.10 Å². The molecule has 26 heavy (non-hydrogen) atoms. The summed E-state index contributed by atoms with van der Waals surface area (Å²) in [5, 5.41) is 15.1. The highest BCUT2D eigenvalue weighted by Crippen LogP contribution is 2.28. The largest absolute Gasteiger partial charge is 0.338 e. The van der Waals surface area contributed by atoms with Crippen molar-refractivity contribution in [2.45, 2.75) is 13.3 Å². The summed E-state index contributed by atoms with van der Waals surface area (Å²) >= 11 is 5.96. The van der Waals surface area contributed by atoms with Gasteiger partial charge in [-0.25, -0.2) is 0 Å². The number of benzene rings is 2. The zero-order chi connectivity index (χ0) is 17.9. The highest BCUT2D eigenvalue weighted by atomic mass is 35.5. The van der Waals surface area contributed by atoms with E-state index in [0.29, 0.717) is 5.02 Å². The molecule has 128 valence electrons. The summed E-state index contributed by atoms with van der Waals surface area (Å²) in [5.74, 6) is 0.737. The quantitative estimate of drug-likeness (QED) is 0.535. The van der Waals surface area contributed by atoms with Crippen molar-refractivity contribution in [1.82, 2.24) is 15.2 Å². The SMILES string of the molecule is Cc1ccc2c(Nc3ccc(Cl)cc3)nnc(Cc3ccncc3)c2c1. The van der Waals surface area contributed by atoms with Gasteiger partial charge in [-0.05, 0) is 55.0 Å². The third kappa shape index (κ3) is 3.51. The van der Waals surface area contributed by atoms with Gasteiger partial charge in [0, 0.05) is 40.3 Å². The zero-order valence-corrected chi connectivity index (χ0v) is 15.0. The summed E-state index contributed by atoms with van der Waals surface area (Å²) in [6.07, 6.45) is 4.32. The van der Waals surface area contributed by atoms with Gasteiger partial charge < -0.3 is 5.32 Å². The van der Waals surface area contributed by atoms with Crippen LogP contribution in [0.15, 0.2) is 67.0 Å². The van der Waals surface area contributed by atoms with Crippen LogP contribution in [0, 0.1) is 6.92 Å². The number of hydrogen-bond acceptors (Lipinski definition) is 4. The molecule has 2 aromatic carbocycles. The summed E-state index contributed by atoms with van der Waals surface area (Å²) in [7, 11) is 0. The fourth-order valence-electron chi connectivity index (χ4n) is 2.91. The molecule has 2 aromatic heterocycles. The van der Waals surface area contributed by atoms with Crippen molar-refractivity contribution in [3.63, 3.8) is 0 Å². The molecule has 0 unspecified atom stereocenters. The van der Waals surface area contributed by atoms with Gasteiger partial charge in [0.05, 0.1) is 5.69 Å². The van der Waals surface area contributed by atoms with Crippen LogP contribution in [0.25, 0.3) is 10.8 Å². The molecular formula is C21H17ClN4. The van der Waals surface area contributed by atoms with Crippen molar-refractivity contribution in [2.24, 2.45) is 0 Å². The Morgan fingerprint density at radius 3 is 2.42 bits per heavy atom. The third-order valence-electron chi connectivity index (χ3n) is 4.24. The first kappa shape index (κ1) is 16.5. The fraction of sp³-hybridized carbons (Fsp3) is 0.0952. The van der Waals surface area contributed by atoms with E-state index in [1.165, 1.54) is 5.56 Å². The lowest BCUT2D eigenvalue weighted by Crippen LogP contribution is -2.02. The lowest BCUT2D eigenvalue weighted by atomic mass is 10.0. The first-order chi connectivity index (χ1) is 12.7. The van der Waals surface area contributed by atoms with Gasteiger partial charge in [-0.1, -0.05) is 29.3 Å². The molecule has 2 heterocycles. The standard InChI is InChI=1S/C21H17ClN4/c1-14-2-7-18-19(12-14)20(13-15-8-10-23-11-9-15)25-26-21(18)24-17-5-3-16(22)4-6-17/h2-12H,13H2,1H3,(H,24,26). The molecule has 0 fully saturated rings. The summed E-state index contributed by atoms with van der Waals surface area (Å²) in [4.78, 5) is 4.08. The van der Waals surface area contributed by atoms with Crippen molar-refractivity contribution in [3.05, 3.63) is 88.8 Å². The second-order valence-corrected chi connectivity index (χ2v) is 6.64. The van der Waals surface area contributed by atoms with Gasteiger partial charge in [0.15, 0.2) is 5.82 Å². The molecule has 0 aliphatic rings. The Hall–Kier alpha value is -2.98. The maximum absolute atomic E-state index is 5.96. The number of nitrogens with zero attached hydrogens (tertiary/aromatic N) is 3. The molecule has 4 nitrogen and oxygen atoms in total. The van der Waals surface area contributed by atoms with Crippen LogP contribution < -0.4 is 5.32 Å². The number of rotatable bonds is 4. The van der Waals surface area contributed by atoms with Crippen LogP contribution in [0.2, 0.25) is 5.02 Å². The lowest BCUT2D eigenvalue weighted by Gasteiger charge is -2.12. The molecule has 0 bridgehead atoms. The molecule has 0 aliphatic heterocycles. The maximum Gasteiger partial charge on any atom is 0.160 e. The molecule has 0 radical (unpaired) electrons.